The number of rotatable bonds is 8. The lowest BCUT2D eigenvalue weighted by atomic mass is 10.1. The second-order valence-corrected chi connectivity index (χ2v) is 4.59. The van der Waals surface area contributed by atoms with Crippen LogP contribution in [0.1, 0.15) is 30.6 Å². The van der Waals surface area contributed by atoms with Gasteiger partial charge in [-0.25, -0.2) is 0 Å². The van der Waals surface area contributed by atoms with E-state index in [-0.39, 0.29) is 18.8 Å². The molecule has 108 valence electrons. The number of ketones is 1. The number of aryl methyl sites for hydroxylation is 1. The summed E-state index contributed by atoms with van der Waals surface area (Å²) in [7, 11) is 0. The SMILES string of the molecule is C=CCOCC(OC(=O)CC(C)=O)c1ccc(C)cc1. The first kappa shape index (κ1) is 16.1. The van der Waals surface area contributed by atoms with Gasteiger partial charge in [-0.3, -0.25) is 9.59 Å². The summed E-state index contributed by atoms with van der Waals surface area (Å²) < 4.78 is 10.7. The van der Waals surface area contributed by atoms with Gasteiger partial charge in [-0.15, -0.1) is 6.58 Å². The normalized spacial score (nSPS) is 11.7. The standard InChI is InChI=1S/C16H20O4/c1-4-9-19-11-15(20-16(18)10-13(3)17)14-7-5-12(2)6-8-14/h4-8,15H,1,9-11H2,2-3H3. The first-order valence-corrected chi connectivity index (χ1v) is 6.47. The Morgan fingerprint density at radius 3 is 2.50 bits per heavy atom. The maximum atomic E-state index is 11.6. The van der Waals surface area contributed by atoms with Crippen molar-refractivity contribution in [2.24, 2.45) is 0 Å². The molecule has 1 unspecified atom stereocenters. The first-order chi connectivity index (χ1) is 9.52. The molecule has 0 amide bonds. The molecule has 4 heteroatoms. The number of carbonyl (C=O) groups is 2. The topological polar surface area (TPSA) is 52.6 Å². The van der Waals surface area contributed by atoms with Crippen LogP contribution in [0.15, 0.2) is 36.9 Å². The van der Waals surface area contributed by atoms with E-state index < -0.39 is 12.1 Å². The molecule has 1 aromatic rings. The number of benzene rings is 1. The average Bonchev–Trinajstić information content (AvgIpc) is 2.38. The van der Waals surface area contributed by atoms with Gasteiger partial charge >= 0.3 is 5.97 Å². The molecule has 0 saturated carbocycles. The molecule has 0 aliphatic carbocycles. The fourth-order valence-electron chi connectivity index (χ4n) is 1.64. The fourth-order valence-corrected chi connectivity index (χ4v) is 1.64. The minimum atomic E-state index is -0.537. The highest BCUT2D eigenvalue weighted by Gasteiger charge is 2.18. The van der Waals surface area contributed by atoms with Crippen LogP contribution in [-0.4, -0.2) is 25.0 Å². The van der Waals surface area contributed by atoms with Gasteiger partial charge in [-0.05, 0) is 19.4 Å². The fraction of sp³-hybridized carbons (Fsp3) is 0.375. The molecule has 0 radical (unpaired) electrons. The van der Waals surface area contributed by atoms with E-state index in [4.69, 9.17) is 9.47 Å². The smallest absolute Gasteiger partial charge is 0.313 e. The number of carbonyl (C=O) groups excluding carboxylic acids is 2. The van der Waals surface area contributed by atoms with Crippen molar-refractivity contribution >= 4 is 11.8 Å². The molecular formula is C16H20O4. The van der Waals surface area contributed by atoms with Gasteiger partial charge < -0.3 is 9.47 Å². The minimum absolute atomic E-state index is 0.218. The Labute approximate surface area is 119 Å². The molecule has 0 saturated heterocycles. The van der Waals surface area contributed by atoms with Crippen molar-refractivity contribution in [1.29, 1.82) is 0 Å². The predicted molar refractivity (Wildman–Crippen MR) is 76.3 cm³/mol. The Hall–Kier alpha value is -1.94. The molecule has 0 aromatic heterocycles. The zero-order valence-corrected chi connectivity index (χ0v) is 11.9. The van der Waals surface area contributed by atoms with E-state index in [2.05, 4.69) is 6.58 Å². The van der Waals surface area contributed by atoms with Crippen LogP contribution in [0.5, 0.6) is 0 Å². The number of ether oxygens (including phenoxy) is 2. The summed E-state index contributed by atoms with van der Waals surface area (Å²) in [6.07, 6.45) is 0.898. The lowest BCUT2D eigenvalue weighted by Gasteiger charge is -2.18. The van der Waals surface area contributed by atoms with E-state index in [1.165, 1.54) is 6.92 Å². The van der Waals surface area contributed by atoms with Gasteiger partial charge in [0.05, 0.1) is 13.2 Å². The zero-order chi connectivity index (χ0) is 15.0. The van der Waals surface area contributed by atoms with Gasteiger partial charge in [0.15, 0.2) is 6.10 Å². The summed E-state index contributed by atoms with van der Waals surface area (Å²) in [4.78, 5) is 22.5. The van der Waals surface area contributed by atoms with Crippen molar-refractivity contribution < 1.29 is 19.1 Å². The van der Waals surface area contributed by atoms with Crippen LogP contribution in [0, 0.1) is 6.92 Å². The molecule has 0 spiro atoms. The maximum Gasteiger partial charge on any atom is 0.313 e. The minimum Gasteiger partial charge on any atom is -0.455 e. The van der Waals surface area contributed by atoms with Gasteiger partial charge in [0, 0.05) is 0 Å². The van der Waals surface area contributed by atoms with Gasteiger partial charge in [0.1, 0.15) is 12.2 Å². The van der Waals surface area contributed by atoms with Crippen molar-refractivity contribution in [2.45, 2.75) is 26.4 Å². The van der Waals surface area contributed by atoms with Crippen LogP contribution >= 0.6 is 0 Å². The molecule has 0 aliphatic rings. The van der Waals surface area contributed by atoms with Gasteiger partial charge in [-0.1, -0.05) is 35.9 Å². The largest absolute Gasteiger partial charge is 0.455 e. The molecule has 20 heavy (non-hydrogen) atoms. The second-order valence-electron chi connectivity index (χ2n) is 4.59. The number of hydrogen-bond donors (Lipinski definition) is 0. The monoisotopic (exact) mass is 276 g/mol. The van der Waals surface area contributed by atoms with Crippen molar-refractivity contribution in [3.8, 4) is 0 Å². The quantitative estimate of drug-likeness (QED) is 0.317. The van der Waals surface area contributed by atoms with E-state index in [0.29, 0.717) is 6.61 Å². The zero-order valence-electron chi connectivity index (χ0n) is 11.9. The molecule has 0 bridgehead atoms. The molecule has 4 nitrogen and oxygen atoms in total. The summed E-state index contributed by atoms with van der Waals surface area (Å²) in [6, 6.07) is 7.65. The third kappa shape index (κ3) is 5.80. The lowest BCUT2D eigenvalue weighted by molar-refractivity contribution is -0.153. The highest BCUT2D eigenvalue weighted by Crippen LogP contribution is 2.19. The van der Waals surface area contributed by atoms with E-state index in [0.717, 1.165) is 11.1 Å². The highest BCUT2D eigenvalue weighted by molar-refractivity contribution is 5.94. The Morgan fingerprint density at radius 2 is 1.95 bits per heavy atom. The summed E-state index contributed by atoms with van der Waals surface area (Å²) in [5.41, 5.74) is 1.96. The van der Waals surface area contributed by atoms with E-state index in [1.54, 1.807) is 6.08 Å². The Morgan fingerprint density at radius 1 is 1.30 bits per heavy atom. The van der Waals surface area contributed by atoms with Crippen molar-refractivity contribution in [1.82, 2.24) is 0 Å². The molecule has 1 atom stereocenters. The van der Waals surface area contributed by atoms with Crippen LogP contribution in [0.2, 0.25) is 0 Å². The third-order valence-corrected chi connectivity index (χ3v) is 2.62. The van der Waals surface area contributed by atoms with E-state index in [1.807, 2.05) is 31.2 Å². The molecular weight excluding hydrogens is 256 g/mol. The van der Waals surface area contributed by atoms with E-state index in [9.17, 15) is 9.59 Å². The van der Waals surface area contributed by atoms with E-state index >= 15 is 0 Å². The van der Waals surface area contributed by atoms with Gasteiger partial charge in [0.25, 0.3) is 0 Å². The van der Waals surface area contributed by atoms with Crippen LogP contribution in [0.4, 0.5) is 0 Å². The summed E-state index contributed by atoms with van der Waals surface area (Å²) in [6.45, 7) is 7.52. The molecule has 0 heterocycles. The average molecular weight is 276 g/mol. The maximum absolute atomic E-state index is 11.6. The molecule has 0 fully saturated rings. The lowest BCUT2D eigenvalue weighted by Crippen LogP contribution is -2.18. The molecule has 1 rings (SSSR count). The predicted octanol–water partition coefficient (Wildman–Crippen LogP) is 2.76. The number of esters is 1. The van der Waals surface area contributed by atoms with Crippen molar-refractivity contribution in [3.05, 3.63) is 48.0 Å². The Bertz CT molecular complexity index is 462. The van der Waals surface area contributed by atoms with Crippen LogP contribution < -0.4 is 0 Å². The Kier molecular flexibility index (Phi) is 6.67. The molecule has 0 N–H and O–H groups in total. The van der Waals surface area contributed by atoms with Gasteiger partial charge in [0.2, 0.25) is 0 Å². The number of Topliss-reactive ketones (excluding diaryl/α,β-unsaturated/α-hetero) is 1. The summed E-state index contributed by atoms with van der Waals surface area (Å²) in [5, 5.41) is 0. The van der Waals surface area contributed by atoms with Crippen LogP contribution in [0.25, 0.3) is 0 Å². The van der Waals surface area contributed by atoms with Crippen molar-refractivity contribution in [3.63, 3.8) is 0 Å². The summed E-state index contributed by atoms with van der Waals surface area (Å²) >= 11 is 0. The summed E-state index contributed by atoms with van der Waals surface area (Å²) in [5.74, 6) is -0.755. The first-order valence-electron chi connectivity index (χ1n) is 6.47. The Balaban J connectivity index is 2.73. The van der Waals surface area contributed by atoms with Crippen LogP contribution in [-0.2, 0) is 19.1 Å². The molecule has 0 aliphatic heterocycles. The second kappa shape index (κ2) is 8.27. The van der Waals surface area contributed by atoms with Gasteiger partial charge in [-0.2, -0.15) is 0 Å². The van der Waals surface area contributed by atoms with Crippen LogP contribution in [0.3, 0.4) is 0 Å². The van der Waals surface area contributed by atoms with Crippen molar-refractivity contribution in [2.75, 3.05) is 13.2 Å². The molecule has 1 aromatic carbocycles. The number of hydrogen-bond acceptors (Lipinski definition) is 4. The highest BCUT2D eigenvalue weighted by atomic mass is 16.6. The third-order valence-electron chi connectivity index (χ3n) is 2.62.